The van der Waals surface area contributed by atoms with Crippen molar-refractivity contribution in [3.05, 3.63) is 48.6 Å². The van der Waals surface area contributed by atoms with Crippen LogP contribution in [0.1, 0.15) is 329 Å². The van der Waals surface area contributed by atoms with Crippen molar-refractivity contribution in [2.45, 2.75) is 335 Å². The van der Waals surface area contributed by atoms with Gasteiger partial charge in [-0.2, -0.15) is 0 Å². The van der Waals surface area contributed by atoms with Crippen LogP contribution in [0.3, 0.4) is 0 Å². The first kappa shape index (κ1) is 68.4. The van der Waals surface area contributed by atoms with Crippen molar-refractivity contribution in [3.8, 4) is 0 Å². The van der Waals surface area contributed by atoms with E-state index in [0.717, 1.165) is 96.3 Å². The number of rotatable bonds is 57. The predicted octanol–water partition coefficient (Wildman–Crippen LogP) is 21.0. The van der Waals surface area contributed by atoms with Gasteiger partial charge in [-0.25, -0.2) is 0 Å². The van der Waals surface area contributed by atoms with Gasteiger partial charge in [-0.1, -0.05) is 301 Å². The number of carbonyl (C=O) groups excluding carboxylic acids is 3. The number of unbranched alkanes of at least 4 members (excludes halogenated alkanes) is 38. The fraction of sp³-hybridized carbons (Fsp3) is 0.831. The van der Waals surface area contributed by atoms with Gasteiger partial charge in [0.05, 0.1) is 0 Å². The first-order valence-electron chi connectivity index (χ1n) is 31.1. The second-order valence-electron chi connectivity index (χ2n) is 21.0. The van der Waals surface area contributed by atoms with E-state index in [4.69, 9.17) is 14.2 Å². The summed E-state index contributed by atoms with van der Waals surface area (Å²) in [5.41, 5.74) is 0. The third kappa shape index (κ3) is 58.1. The zero-order valence-corrected chi connectivity index (χ0v) is 47.5. The van der Waals surface area contributed by atoms with E-state index in [1.165, 1.54) is 193 Å². The summed E-state index contributed by atoms with van der Waals surface area (Å²) in [5.74, 6) is -0.887. The molecule has 0 aliphatic heterocycles. The topological polar surface area (TPSA) is 78.9 Å². The summed E-state index contributed by atoms with van der Waals surface area (Å²) in [7, 11) is 0. The summed E-state index contributed by atoms with van der Waals surface area (Å²) in [4.78, 5) is 38.1. The Labute approximate surface area is 441 Å². The molecule has 0 saturated carbocycles. The van der Waals surface area contributed by atoms with Gasteiger partial charge in [-0.05, 0) is 57.8 Å². The number of hydrogen-bond acceptors (Lipinski definition) is 6. The molecule has 0 amide bonds. The lowest BCUT2D eigenvalue weighted by Gasteiger charge is -2.18. The van der Waals surface area contributed by atoms with E-state index in [2.05, 4.69) is 69.4 Å². The quantitative estimate of drug-likeness (QED) is 0.0261. The van der Waals surface area contributed by atoms with Gasteiger partial charge in [0, 0.05) is 19.3 Å². The highest BCUT2D eigenvalue weighted by atomic mass is 16.6. The largest absolute Gasteiger partial charge is 0.462 e. The van der Waals surface area contributed by atoms with Gasteiger partial charge in [0.25, 0.3) is 0 Å². The van der Waals surface area contributed by atoms with Crippen LogP contribution < -0.4 is 0 Å². The van der Waals surface area contributed by atoms with Gasteiger partial charge in [0.2, 0.25) is 0 Å². The SMILES string of the molecule is CC/C=C\C/C=C\C/C=C\C/C=C\CCCCCCC(=O)OC(COC(=O)CCCCCCCCCCCC)COC(=O)CCCCCCCCCCCCCCCCCCCCCCCCCCCC. The Hall–Kier alpha value is -2.63. The van der Waals surface area contributed by atoms with Crippen molar-refractivity contribution in [2.75, 3.05) is 13.2 Å². The Kier molecular flexibility index (Phi) is 57.7. The van der Waals surface area contributed by atoms with Gasteiger partial charge < -0.3 is 14.2 Å². The van der Waals surface area contributed by atoms with Gasteiger partial charge in [0.1, 0.15) is 13.2 Å². The summed E-state index contributed by atoms with van der Waals surface area (Å²) >= 11 is 0. The van der Waals surface area contributed by atoms with E-state index in [0.29, 0.717) is 19.3 Å². The van der Waals surface area contributed by atoms with E-state index in [-0.39, 0.29) is 31.1 Å². The molecule has 0 aromatic rings. The lowest BCUT2D eigenvalue weighted by atomic mass is 10.0. The molecule has 414 valence electrons. The fourth-order valence-corrected chi connectivity index (χ4v) is 9.20. The highest BCUT2D eigenvalue weighted by Gasteiger charge is 2.19. The molecule has 0 fully saturated rings. The molecule has 1 unspecified atom stereocenters. The van der Waals surface area contributed by atoms with Crippen molar-refractivity contribution < 1.29 is 28.6 Å². The van der Waals surface area contributed by atoms with Gasteiger partial charge in [0.15, 0.2) is 6.10 Å². The Bertz CT molecular complexity index is 1230. The molecule has 0 spiro atoms. The molecule has 6 heteroatoms. The Morgan fingerprint density at radius 2 is 0.549 bits per heavy atom. The van der Waals surface area contributed by atoms with Gasteiger partial charge in [-0.3, -0.25) is 14.4 Å². The van der Waals surface area contributed by atoms with Crippen molar-refractivity contribution in [1.82, 2.24) is 0 Å². The second kappa shape index (κ2) is 59.9. The minimum atomic E-state index is -0.782. The van der Waals surface area contributed by atoms with Gasteiger partial charge in [-0.15, -0.1) is 0 Å². The average Bonchev–Trinajstić information content (AvgIpc) is 3.37. The molecule has 0 radical (unpaired) electrons. The molecule has 0 rings (SSSR count). The summed E-state index contributed by atoms with van der Waals surface area (Å²) in [6.07, 6.45) is 74.2. The molecular formula is C65H118O6. The number of hydrogen-bond donors (Lipinski definition) is 0. The third-order valence-electron chi connectivity index (χ3n) is 13.8. The molecule has 0 N–H and O–H groups in total. The highest BCUT2D eigenvalue weighted by molar-refractivity contribution is 5.71. The molecule has 0 saturated heterocycles. The van der Waals surface area contributed by atoms with E-state index in [1.54, 1.807) is 0 Å². The Morgan fingerprint density at radius 1 is 0.296 bits per heavy atom. The van der Waals surface area contributed by atoms with Crippen LogP contribution >= 0.6 is 0 Å². The smallest absolute Gasteiger partial charge is 0.306 e. The highest BCUT2D eigenvalue weighted by Crippen LogP contribution is 2.18. The normalized spacial score (nSPS) is 12.3. The van der Waals surface area contributed by atoms with Crippen LogP contribution in [-0.4, -0.2) is 37.2 Å². The van der Waals surface area contributed by atoms with Gasteiger partial charge >= 0.3 is 17.9 Å². The molecule has 0 bridgehead atoms. The van der Waals surface area contributed by atoms with Crippen molar-refractivity contribution in [2.24, 2.45) is 0 Å². The molecule has 71 heavy (non-hydrogen) atoms. The van der Waals surface area contributed by atoms with E-state index >= 15 is 0 Å². The minimum absolute atomic E-state index is 0.0789. The fourth-order valence-electron chi connectivity index (χ4n) is 9.20. The number of carbonyl (C=O) groups is 3. The zero-order valence-electron chi connectivity index (χ0n) is 47.5. The van der Waals surface area contributed by atoms with Crippen molar-refractivity contribution >= 4 is 17.9 Å². The van der Waals surface area contributed by atoms with Crippen LogP contribution in [-0.2, 0) is 28.6 Å². The van der Waals surface area contributed by atoms with Crippen LogP contribution in [0, 0.1) is 0 Å². The number of allylic oxidation sites excluding steroid dienone is 8. The number of ether oxygens (including phenoxy) is 3. The monoisotopic (exact) mass is 995 g/mol. The Balaban J connectivity index is 4.19. The summed E-state index contributed by atoms with van der Waals surface area (Å²) in [5, 5.41) is 0. The molecule has 0 aliphatic rings. The van der Waals surface area contributed by atoms with Crippen molar-refractivity contribution in [1.29, 1.82) is 0 Å². The van der Waals surface area contributed by atoms with Crippen LogP contribution in [0.5, 0.6) is 0 Å². The molecule has 0 aromatic carbocycles. The summed E-state index contributed by atoms with van der Waals surface area (Å²) in [6.45, 7) is 6.54. The predicted molar refractivity (Wildman–Crippen MR) is 307 cm³/mol. The second-order valence-corrected chi connectivity index (χ2v) is 21.0. The van der Waals surface area contributed by atoms with Crippen LogP contribution in [0.2, 0.25) is 0 Å². The maximum absolute atomic E-state index is 12.8. The van der Waals surface area contributed by atoms with E-state index in [9.17, 15) is 14.4 Å². The standard InChI is InChI=1S/C65H118O6/c1-4-7-10-13-16-19-22-24-26-28-29-30-31-32-33-34-35-36-38-39-41-43-46-49-52-55-58-64(67)70-61-62(60-69-63(66)57-54-51-48-45-21-18-15-12-9-6-3)71-65(68)59-56-53-50-47-44-42-40-37-27-25-23-20-17-14-11-8-5-2/h8,11,17,20,25,27,40,42,62H,4-7,9-10,12-16,18-19,21-24,26,28-39,41,43-61H2,1-3H3/b11-8-,20-17-,27-25-,42-40-. The maximum atomic E-state index is 12.8. The van der Waals surface area contributed by atoms with E-state index < -0.39 is 6.10 Å². The molecule has 0 heterocycles. The third-order valence-corrected chi connectivity index (χ3v) is 13.8. The lowest BCUT2D eigenvalue weighted by molar-refractivity contribution is -0.167. The zero-order chi connectivity index (χ0) is 51.4. The molecule has 6 nitrogen and oxygen atoms in total. The first-order valence-corrected chi connectivity index (χ1v) is 31.1. The minimum Gasteiger partial charge on any atom is -0.462 e. The molecule has 1 atom stereocenters. The molecule has 0 aliphatic carbocycles. The summed E-state index contributed by atoms with van der Waals surface area (Å²) < 4.78 is 16.9. The lowest BCUT2D eigenvalue weighted by Crippen LogP contribution is -2.30. The van der Waals surface area contributed by atoms with E-state index in [1.807, 2.05) is 0 Å². The molecular weight excluding hydrogens is 877 g/mol. The van der Waals surface area contributed by atoms with Crippen LogP contribution in [0.15, 0.2) is 48.6 Å². The average molecular weight is 996 g/mol. The number of esters is 3. The maximum Gasteiger partial charge on any atom is 0.306 e. The molecule has 0 aromatic heterocycles. The summed E-state index contributed by atoms with van der Waals surface area (Å²) in [6, 6.07) is 0. The first-order chi connectivity index (χ1) is 35.0. The Morgan fingerprint density at radius 3 is 0.859 bits per heavy atom. The van der Waals surface area contributed by atoms with Crippen molar-refractivity contribution in [3.63, 3.8) is 0 Å². The van der Waals surface area contributed by atoms with Crippen LogP contribution in [0.25, 0.3) is 0 Å². The van der Waals surface area contributed by atoms with Crippen LogP contribution in [0.4, 0.5) is 0 Å².